The van der Waals surface area contributed by atoms with Crippen molar-refractivity contribution in [3.8, 4) is 0 Å². The molecule has 2 unspecified atom stereocenters. The maximum absolute atomic E-state index is 11.7. The van der Waals surface area contributed by atoms with Gasteiger partial charge in [-0.3, -0.25) is 4.79 Å². The van der Waals surface area contributed by atoms with Crippen LogP contribution < -0.4 is 11.1 Å². The second-order valence-electron chi connectivity index (χ2n) is 5.58. The Balaban J connectivity index is 1.63. The lowest BCUT2D eigenvalue weighted by molar-refractivity contribution is -0.121. The highest BCUT2D eigenvalue weighted by Crippen LogP contribution is 2.30. The van der Waals surface area contributed by atoms with E-state index in [-0.39, 0.29) is 18.4 Å². The molecule has 0 saturated heterocycles. The Morgan fingerprint density at radius 3 is 3.11 bits per heavy atom. The van der Waals surface area contributed by atoms with E-state index < -0.39 is 0 Å². The van der Waals surface area contributed by atoms with Crippen molar-refractivity contribution in [2.45, 2.75) is 45.6 Å². The number of nitrogens with one attached hydrogen (secondary N) is 1. The van der Waals surface area contributed by atoms with Crippen molar-refractivity contribution in [2.75, 3.05) is 12.3 Å². The van der Waals surface area contributed by atoms with Crippen LogP contribution in [0.4, 0.5) is 5.95 Å². The molecule has 1 aliphatic carbocycles. The first-order valence-corrected chi connectivity index (χ1v) is 7.05. The van der Waals surface area contributed by atoms with Gasteiger partial charge in [0.15, 0.2) is 0 Å². The van der Waals surface area contributed by atoms with Gasteiger partial charge in [0.25, 0.3) is 0 Å². The summed E-state index contributed by atoms with van der Waals surface area (Å²) in [5.74, 6) is 1.77. The molecule has 0 bridgehead atoms. The Bertz CT molecular complexity index is 417. The molecule has 1 aliphatic rings. The van der Waals surface area contributed by atoms with E-state index in [1.807, 2.05) is 0 Å². The van der Waals surface area contributed by atoms with E-state index in [2.05, 4.69) is 22.3 Å². The van der Waals surface area contributed by atoms with Crippen molar-refractivity contribution in [1.82, 2.24) is 20.1 Å². The Morgan fingerprint density at radius 2 is 2.42 bits per heavy atom. The summed E-state index contributed by atoms with van der Waals surface area (Å²) in [6, 6.07) is 0. The molecule has 0 spiro atoms. The van der Waals surface area contributed by atoms with Crippen molar-refractivity contribution < 1.29 is 4.79 Å². The average Bonchev–Trinajstić information content (AvgIpc) is 2.75. The number of nitrogen functional groups attached to an aromatic ring is 1. The smallest absolute Gasteiger partial charge is 0.241 e. The van der Waals surface area contributed by atoms with Crippen LogP contribution in [0.2, 0.25) is 0 Å². The molecule has 1 heterocycles. The molecule has 1 saturated carbocycles. The fourth-order valence-electron chi connectivity index (χ4n) is 2.83. The van der Waals surface area contributed by atoms with Gasteiger partial charge in [-0.2, -0.15) is 0 Å². The number of carbonyl (C=O) groups is 1. The minimum atomic E-state index is -0.0336. The van der Waals surface area contributed by atoms with E-state index >= 15 is 0 Å². The highest BCUT2D eigenvalue weighted by Gasteiger charge is 2.18. The predicted octanol–water partition coefficient (Wildman–Crippen LogP) is 1.19. The lowest BCUT2D eigenvalue weighted by Crippen LogP contribution is -2.30. The number of carbonyl (C=O) groups excluding carboxylic acids is 1. The van der Waals surface area contributed by atoms with Crippen molar-refractivity contribution in [3.63, 3.8) is 0 Å². The summed E-state index contributed by atoms with van der Waals surface area (Å²) in [5, 5.41) is 6.82. The summed E-state index contributed by atoms with van der Waals surface area (Å²) < 4.78 is 1.45. The van der Waals surface area contributed by atoms with E-state index in [1.54, 1.807) is 0 Å². The van der Waals surface area contributed by atoms with E-state index in [1.165, 1.54) is 36.7 Å². The van der Waals surface area contributed by atoms with Crippen LogP contribution in [-0.4, -0.2) is 27.2 Å². The van der Waals surface area contributed by atoms with E-state index in [9.17, 15) is 4.79 Å². The number of amides is 1. The van der Waals surface area contributed by atoms with Gasteiger partial charge < -0.3 is 11.1 Å². The van der Waals surface area contributed by atoms with Gasteiger partial charge in [0.05, 0.1) is 0 Å². The van der Waals surface area contributed by atoms with Crippen LogP contribution >= 0.6 is 0 Å². The second-order valence-corrected chi connectivity index (χ2v) is 5.58. The highest BCUT2D eigenvalue weighted by molar-refractivity contribution is 5.75. The van der Waals surface area contributed by atoms with Crippen LogP contribution in [0, 0.1) is 11.8 Å². The Kier molecular flexibility index (Phi) is 4.76. The van der Waals surface area contributed by atoms with E-state index in [4.69, 9.17) is 5.73 Å². The molecular formula is C13H23N5O. The number of hydrogen-bond acceptors (Lipinski definition) is 4. The molecule has 106 valence electrons. The Morgan fingerprint density at radius 1 is 1.58 bits per heavy atom. The number of anilines is 1. The van der Waals surface area contributed by atoms with E-state index in [0.29, 0.717) is 0 Å². The third-order valence-corrected chi connectivity index (χ3v) is 3.78. The van der Waals surface area contributed by atoms with Crippen LogP contribution in [0.5, 0.6) is 0 Å². The van der Waals surface area contributed by atoms with Gasteiger partial charge in [0, 0.05) is 6.54 Å². The summed E-state index contributed by atoms with van der Waals surface area (Å²) in [4.78, 5) is 15.5. The third kappa shape index (κ3) is 4.54. The number of aromatic nitrogens is 3. The van der Waals surface area contributed by atoms with Crippen LogP contribution in [0.3, 0.4) is 0 Å². The van der Waals surface area contributed by atoms with Crippen LogP contribution in [0.25, 0.3) is 0 Å². The largest absolute Gasteiger partial charge is 0.367 e. The van der Waals surface area contributed by atoms with Crippen LogP contribution in [0.15, 0.2) is 6.33 Å². The minimum Gasteiger partial charge on any atom is -0.367 e. The zero-order valence-electron chi connectivity index (χ0n) is 11.5. The quantitative estimate of drug-likeness (QED) is 0.837. The first-order chi connectivity index (χ1) is 9.13. The van der Waals surface area contributed by atoms with E-state index in [0.717, 1.165) is 24.8 Å². The maximum Gasteiger partial charge on any atom is 0.241 e. The number of nitrogens with two attached hydrogens (primary N) is 1. The van der Waals surface area contributed by atoms with Gasteiger partial charge in [-0.05, 0) is 24.7 Å². The van der Waals surface area contributed by atoms with Crippen LogP contribution in [0.1, 0.15) is 39.0 Å². The zero-order chi connectivity index (χ0) is 13.7. The van der Waals surface area contributed by atoms with Crippen molar-refractivity contribution in [3.05, 3.63) is 6.33 Å². The molecule has 6 heteroatoms. The molecule has 1 aromatic heterocycles. The molecule has 2 rings (SSSR count). The first kappa shape index (κ1) is 13.8. The molecule has 1 aromatic rings. The minimum absolute atomic E-state index is 0.0336. The van der Waals surface area contributed by atoms with Crippen molar-refractivity contribution in [2.24, 2.45) is 11.8 Å². The summed E-state index contributed by atoms with van der Waals surface area (Å²) in [6.45, 7) is 3.26. The normalized spacial score (nSPS) is 23.2. The first-order valence-electron chi connectivity index (χ1n) is 7.05. The summed E-state index contributed by atoms with van der Waals surface area (Å²) in [7, 11) is 0. The molecule has 0 aromatic carbocycles. The van der Waals surface area contributed by atoms with Crippen molar-refractivity contribution in [1.29, 1.82) is 0 Å². The van der Waals surface area contributed by atoms with Crippen molar-refractivity contribution >= 4 is 11.9 Å². The SMILES string of the molecule is CC1CCCC(CCNC(=O)Cn2cnc(N)n2)C1. The summed E-state index contributed by atoms with van der Waals surface area (Å²) in [6.07, 6.45) is 7.84. The summed E-state index contributed by atoms with van der Waals surface area (Å²) >= 11 is 0. The molecule has 1 amide bonds. The van der Waals surface area contributed by atoms with Gasteiger partial charge in [-0.25, -0.2) is 9.67 Å². The molecule has 1 fully saturated rings. The summed E-state index contributed by atoms with van der Waals surface area (Å²) in [5.41, 5.74) is 5.39. The fourth-order valence-corrected chi connectivity index (χ4v) is 2.83. The molecular weight excluding hydrogens is 242 g/mol. The average molecular weight is 265 g/mol. The Hall–Kier alpha value is -1.59. The number of rotatable bonds is 5. The fraction of sp³-hybridized carbons (Fsp3) is 0.769. The standard InChI is InChI=1S/C13H23N5O/c1-10-3-2-4-11(7-10)5-6-15-12(19)8-18-9-16-13(14)17-18/h9-11H,2-8H2,1H3,(H2,14,17)(H,15,19). The monoisotopic (exact) mass is 265 g/mol. The van der Waals surface area contributed by atoms with Gasteiger partial charge in [0.1, 0.15) is 12.9 Å². The molecule has 3 N–H and O–H groups in total. The number of hydrogen-bond donors (Lipinski definition) is 2. The maximum atomic E-state index is 11.7. The van der Waals surface area contributed by atoms with Gasteiger partial charge in [-0.1, -0.05) is 26.2 Å². The number of nitrogens with zero attached hydrogens (tertiary/aromatic N) is 3. The molecule has 0 aliphatic heterocycles. The lowest BCUT2D eigenvalue weighted by Gasteiger charge is -2.26. The highest BCUT2D eigenvalue weighted by atomic mass is 16.2. The molecule has 2 atom stereocenters. The van der Waals surface area contributed by atoms with Crippen LogP contribution in [-0.2, 0) is 11.3 Å². The molecule has 0 radical (unpaired) electrons. The van der Waals surface area contributed by atoms with Gasteiger partial charge in [0.2, 0.25) is 11.9 Å². The lowest BCUT2D eigenvalue weighted by atomic mass is 9.81. The van der Waals surface area contributed by atoms with Gasteiger partial charge >= 0.3 is 0 Å². The Labute approximate surface area is 113 Å². The predicted molar refractivity (Wildman–Crippen MR) is 73.2 cm³/mol. The zero-order valence-corrected chi connectivity index (χ0v) is 11.5. The van der Waals surface area contributed by atoms with Gasteiger partial charge in [-0.15, -0.1) is 5.10 Å². The third-order valence-electron chi connectivity index (χ3n) is 3.78. The second kappa shape index (κ2) is 6.54. The molecule has 6 nitrogen and oxygen atoms in total. The topological polar surface area (TPSA) is 85.8 Å². The molecule has 19 heavy (non-hydrogen) atoms.